The monoisotopic (exact) mass is 340 g/mol. The molecule has 1 saturated heterocycles. The molecule has 0 aromatic heterocycles. The summed E-state index contributed by atoms with van der Waals surface area (Å²) in [6.45, 7) is 3.70. The average Bonchev–Trinajstić information content (AvgIpc) is 2.49. The van der Waals surface area contributed by atoms with Gasteiger partial charge in [0.2, 0.25) is 15.9 Å². The molecule has 0 unspecified atom stereocenters. The van der Waals surface area contributed by atoms with Crippen LogP contribution in [0, 0.1) is 0 Å². The van der Waals surface area contributed by atoms with E-state index >= 15 is 0 Å². The second-order valence-corrected chi connectivity index (χ2v) is 7.73. The first-order chi connectivity index (χ1) is 10.7. The Kier molecular flexibility index (Phi) is 4.76. The molecule has 126 valence electrons. The lowest BCUT2D eigenvalue weighted by Gasteiger charge is -2.39. The van der Waals surface area contributed by atoms with Gasteiger partial charge in [-0.25, -0.2) is 13.2 Å². The van der Waals surface area contributed by atoms with Crippen LogP contribution in [0.3, 0.4) is 0 Å². The van der Waals surface area contributed by atoms with Crippen molar-refractivity contribution in [3.05, 3.63) is 35.4 Å². The minimum absolute atomic E-state index is 0.231. The van der Waals surface area contributed by atoms with Crippen LogP contribution >= 0.6 is 0 Å². The van der Waals surface area contributed by atoms with Gasteiger partial charge in [-0.2, -0.15) is 4.31 Å². The number of nitrogens with one attached hydrogen (secondary N) is 1. The first-order valence-electron chi connectivity index (χ1n) is 7.14. The van der Waals surface area contributed by atoms with E-state index in [9.17, 15) is 18.0 Å². The van der Waals surface area contributed by atoms with Crippen LogP contribution in [0.1, 0.15) is 29.8 Å². The van der Waals surface area contributed by atoms with Crippen molar-refractivity contribution < 1.29 is 22.7 Å². The lowest BCUT2D eigenvalue weighted by Crippen LogP contribution is -2.63. The van der Waals surface area contributed by atoms with E-state index < -0.39 is 21.5 Å². The molecule has 0 atom stereocenters. The van der Waals surface area contributed by atoms with Crippen molar-refractivity contribution in [2.24, 2.45) is 0 Å². The van der Waals surface area contributed by atoms with Gasteiger partial charge in [-0.05, 0) is 31.5 Å². The lowest BCUT2D eigenvalue weighted by atomic mass is 10.0. The molecule has 1 aromatic carbocycles. The summed E-state index contributed by atoms with van der Waals surface area (Å²) in [6, 6.07) is 6.18. The molecule has 1 heterocycles. The molecule has 2 rings (SSSR count). The van der Waals surface area contributed by atoms with Crippen LogP contribution in [0.4, 0.5) is 0 Å². The van der Waals surface area contributed by atoms with Gasteiger partial charge in [0, 0.05) is 13.1 Å². The molecule has 1 amide bonds. The first-order valence-corrected chi connectivity index (χ1v) is 8.75. The number of carbonyl (C=O) groups is 2. The number of sulfonamides is 1. The van der Waals surface area contributed by atoms with Crippen molar-refractivity contribution in [3.8, 4) is 0 Å². The lowest BCUT2D eigenvalue weighted by molar-refractivity contribution is -0.131. The summed E-state index contributed by atoms with van der Waals surface area (Å²) in [5.41, 5.74) is -0.228. The van der Waals surface area contributed by atoms with Crippen molar-refractivity contribution in [2.45, 2.75) is 25.1 Å². The Morgan fingerprint density at radius 1 is 1.30 bits per heavy atom. The quantitative estimate of drug-likeness (QED) is 0.807. The number of piperazine rings is 1. The Labute approximate surface area is 135 Å². The Morgan fingerprint density at radius 3 is 2.48 bits per heavy atom. The standard InChI is InChI=1S/C15H20N2O5S/c1-15(2)14(19)16-8-9-17(15)23(20,21)10-11-4-6-12(7-5-11)13(18)22-3/h4-7H,8-10H2,1-3H3,(H,16,19). The number of amides is 1. The summed E-state index contributed by atoms with van der Waals surface area (Å²) in [5.74, 6) is -1.02. The van der Waals surface area contributed by atoms with Crippen LogP contribution in [0.2, 0.25) is 0 Å². The number of nitrogens with zero attached hydrogens (tertiary/aromatic N) is 1. The van der Waals surface area contributed by atoms with Gasteiger partial charge in [-0.3, -0.25) is 4.79 Å². The summed E-state index contributed by atoms with van der Waals surface area (Å²) >= 11 is 0. The molecule has 7 nitrogen and oxygen atoms in total. The predicted molar refractivity (Wildman–Crippen MR) is 84.2 cm³/mol. The molecule has 1 aliphatic rings. The minimum Gasteiger partial charge on any atom is -0.465 e. The van der Waals surface area contributed by atoms with Crippen LogP contribution in [0.5, 0.6) is 0 Å². The highest BCUT2D eigenvalue weighted by Gasteiger charge is 2.44. The van der Waals surface area contributed by atoms with Crippen molar-refractivity contribution in [1.29, 1.82) is 0 Å². The molecule has 23 heavy (non-hydrogen) atoms. The van der Waals surface area contributed by atoms with Crippen molar-refractivity contribution in [3.63, 3.8) is 0 Å². The third-order valence-corrected chi connectivity index (χ3v) is 5.85. The third-order valence-electron chi connectivity index (χ3n) is 3.84. The Morgan fingerprint density at radius 2 is 1.91 bits per heavy atom. The van der Waals surface area contributed by atoms with E-state index in [2.05, 4.69) is 10.1 Å². The fraction of sp³-hybridized carbons (Fsp3) is 0.467. The SMILES string of the molecule is COC(=O)c1ccc(CS(=O)(=O)N2CCNC(=O)C2(C)C)cc1. The van der Waals surface area contributed by atoms with E-state index in [0.29, 0.717) is 17.7 Å². The summed E-state index contributed by atoms with van der Waals surface area (Å²) in [5, 5.41) is 2.67. The van der Waals surface area contributed by atoms with Gasteiger partial charge in [-0.15, -0.1) is 0 Å². The highest BCUT2D eigenvalue weighted by atomic mass is 32.2. The number of methoxy groups -OCH3 is 1. The van der Waals surface area contributed by atoms with Crippen molar-refractivity contribution in [2.75, 3.05) is 20.2 Å². The zero-order valence-electron chi connectivity index (χ0n) is 13.3. The van der Waals surface area contributed by atoms with Crippen LogP contribution in [-0.2, 0) is 25.3 Å². The number of hydrogen-bond acceptors (Lipinski definition) is 5. The molecule has 0 aliphatic carbocycles. The van der Waals surface area contributed by atoms with Crippen LogP contribution in [0.15, 0.2) is 24.3 Å². The first kappa shape index (κ1) is 17.4. The molecule has 0 spiro atoms. The number of rotatable bonds is 4. The largest absolute Gasteiger partial charge is 0.465 e. The average molecular weight is 340 g/mol. The highest BCUT2D eigenvalue weighted by molar-refractivity contribution is 7.88. The molecule has 0 radical (unpaired) electrons. The molecule has 0 bridgehead atoms. The predicted octanol–water partition coefficient (Wildman–Crippen LogP) is 0.513. The summed E-state index contributed by atoms with van der Waals surface area (Å²) < 4.78 is 31.1. The van der Waals surface area contributed by atoms with Gasteiger partial charge >= 0.3 is 5.97 Å². The highest BCUT2D eigenvalue weighted by Crippen LogP contribution is 2.24. The molecule has 0 saturated carbocycles. The molecule has 1 fully saturated rings. The van der Waals surface area contributed by atoms with Crippen molar-refractivity contribution >= 4 is 21.9 Å². The van der Waals surface area contributed by atoms with Gasteiger partial charge < -0.3 is 10.1 Å². The number of ether oxygens (including phenoxy) is 1. The fourth-order valence-corrected chi connectivity index (χ4v) is 4.43. The Balaban J connectivity index is 2.21. The summed E-state index contributed by atoms with van der Waals surface area (Å²) in [6.07, 6.45) is 0. The minimum atomic E-state index is -3.66. The molecule has 1 aromatic rings. The van der Waals surface area contributed by atoms with E-state index in [1.54, 1.807) is 26.0 Å². The number of benzene rings is 1. The van der Waals surface area contributed by atoms with Gasteiger partial charge in [-0.1, -0.05) is 12.1 Å². The molecule has 1 aliphatic heterocycles. The fourth-order valence-electron chi connectivity index (χ4n) is 2.51. The summed E-state index contributed by atoms with van der Waals surface area (Å²) in [7, 11) is -2.38. The zero-order chi connectivity index (χ0) is 17.3. The van der Waals surface area contributed by atoms with Gasteiger partial charge in [0.05, 0.1) is 18.4 Å². The number of esters is 1. The van der Waals surface area contributed by atoms with Gasteiger partial charge in [0.1, 0.15) is 5.54 Å². The van der Waals surface area contributed by atoms with Gasteiger partial charge in [0.15, 0.2) is 0 Å². The number of hydrogen-bond donors (Lipinski definition) is 1. The van der Waals surface area contributed by atoms with Crippen LogP contribution in [-0.4, -0.2) is 50.3 Å². The molecular formula is C15H20N2O5S. The van der Waals surface area contributed by atoms with E-state index in [0.717, 1.165) is 0 Å². The molecule has 8 heteroatoms. The smallest absolute Gasteiger partial charge is 0.337 e. The third kappa shape index (κ3) is 3.53. The molecular weight excluding hydrogens is 320 g/mol. The zero-order valence-corrected chi connectivity index (χ0v) is 14.1. The number of carbonyl (C=O) groups excluding carboxylic acids is 2. The van der Waals surface area contributed by atoms with Crippen LogP contribution in [0.25, 0.3) is 0 Å². The Hall–Kier alpha value is -1.93. The summed E-state index contributed by atoms with van der Waals surface area (Å²) in [4.78, 5) is 23.3. The van der Waals surface area contributed by atoms with Gasteiger partial charge in [0.25, 0.3) is 0 Å². The topological polar surface area (TPSA) is 92.8 Å². The van der Waals surface area contributed by atoms with Crippen molar-refractivity contribution in [1.82, 2.24) is 9.62 Å². The molecule has 1 N–H and O–H groups in total. The van der Waals surface area contributed by atoms with E-state index in [4.69, 9.17) is 0 Å². The Bertz CT molecular complexity index is 710. The normalized spacial score (nSPS) is 18.3. The van der Waals surface area contributed by atoms with Crippen LogP contribution < -0.4 is 5.32 Å². The van der Waals surface area contributed by atoms with E-state index in [-0.39, 0.29) is 18.2 Å². The maximum atomic E-state index is 12.6. The maximum absolute atomic E-state index is 12.6. The maximum Gasteiger partial charge on any atom is 0.337 e. The van der Waals surface area contributed by atoms with E-state index in [1.165, 1.54) is 23.5 Å². The second kappa shape index (κ2) is 6.29. The van der Waals surface area contributed by atoms with E-state index in [1.807, 2.05) is 0 Å². The second-order valence-electron chi connectivity index (χ2n) is 5.83.